The molecule has 9 heteroatoms. The van der Waals surface area contributed by atoms with Crippen molar-refractivity contribution in [3.05, 3.63) is 35.4 Å². The molecule has 2 aliphatic heterocycles. The van der Waals surface area contributed by atoms with Gasteiger partial charge in [0.2, 0.25) is 5.91 Å². The highest BCUT2D eigenvalue weighted by Gasteiger charge is 2.51. The molecule has 1 saturated carbocycles. The molecule has 2 saturated heterocycles. The average molecular weight is 513 g/mol. The standard InChI is InChI=1S/C27H39F3N2O4/c1-18(2)25(9-7-21(16-25)31-22-8-14-36-17-23(22)35-3)24(33)32-12-10-26(34,11-13-32)19-5-4-6-20(15-19)27(28,29)30/h4-6,15,18,21-23,31,34H,7-14,16-17H2,1-3H3/t21?,22?,23?,25-/m0/s1. The van der Waals surface area contributed by atoms with Gasteiger partial charge in [-0.1, -0.05) is 26.0 Å². The molecule has 1 aliphatic carbocycles. The molecule has 0 spiro atoms. The van der Waals surface area contributed by atoms with E-state index in [4.69, 9.17) is 9.47 Å². The van der Waals surface area contributed by atoms with Crippen LogP contribution < -0.4 is 5.32 Å². The molecule has 3 fully saturated rings. The Labute approximate surface area is 211 Å². The van der Waals surface area contributed by atoms with Crippen molar-refractivity contribution in [3.63, 3.8) is 0 Å². The summed E-state index contributed by atoms with van der Waals surface area (Å²) in [6, 6.07) is 5.33. The summed E-state index contributed by atoms with van der Waals surface area (Å²) in [4.78, 5) is 15.7. The van der Waals surface area contributed by atoms with Crippen LogP contribution in [0.15, 0.2) is 24.3 Å². The van der Waals surface area contributed by atoms with E-state index in [9.17, 15) is 23.1 Å². The molecule has 0 radical (unpaired) electrons. The van der Waals surface area contributed by atoms with Crippen molar-refractivity contribution in [2.24, 2.45) is 11.3 Å². The lowest BCUT2D eigenvalue weighted by Crippen LogP contribution is -2.53. The van der Waals surface area contributed by atoms with Crippen LogP contribution in [0.4, 0.5) is 13.2 Å². The number of benzene rings is 1. The van der Waals surface area contributed by atoms with Gasteiger partial charge in [-0.2, -0.15) is 13.2 Å². The van der Waals surface area contributed by atoms with E-state index < -0.39 is 22.8 Å². The third-order valence-corrected chi connectivity index (χ3v) is 8.74. The third kappa shape index (κ3) is 5.44. The summed E-state index contributed by atoms with van der Waals surface area (Å²) in [5, 5.41) is 14.9. The number of piperidine rings is 1. The van der Waals surface area contributed by atoms with Crippen molar-refractivity contribution in [3.8, 4) is 0 Å². The number of rotatable bonds is 6. The van der Waals surface area contributed by atoms with Crippen LogP contribution in [0, 0.1) is 11.3 Å². The topological polar surface area (TPSA) is 71.0 Å². The number of carbonyl (C=O) groups is 1. The number of nitrogens with zero attached hydrogens (tertiary/aromatic N) is 1. The first-order chi connectivity index (χ1) is 17.0. The quantitative estimate of drug-likeness (QED) is 0.601. The van der Waals surface area contributed by atoms with Gasteiger partial charge in [0.1, 0.15) is 0 Å². The molecule has 1 amide bonds. The SMILES string of the molecule is COC1COCCC1NC1CC[C@@](C(=O)N2CCC(O)(c3cccc(C(F)(F)F)c3)CC2)(C(C)C)C1. The first kappa shape index (κ1) is 27.4. The normalized spacial score (nSPS) is 31.1. The van der Waals surface area contributed by atoms with E-state index in [1.54, 1.807) is 13.2 Å². The molecular weight excluding hydrogens is 473 g/mol. The van der Waals surface area contributed by atoms with Crippen LogP contribution >= 0.6 is 0 Å². The largest absolute Gasteiger partial charge is 0.416 e. The molecule has 4 atom stereocenters. The number of alkyl halides is 3. The van der Waals surface area contributed by atoms with Gasteiger partial charge in [0.25, 0.3) is 0 Å². The van der Waals surface area contributed by atoms with E-state index >= 15 is 0 Å². The maximum absolute atomic E-state index is 13.9. The number of hydrogen-bond donors (Lipinski definition) is 2. The van der Waals surface area contributed by atoms with Crippen molar-refractivity contribution >= 4 is 5.91 Å². The van der Waals surface area contributed by atoms with Gasteiger partial charge in [-0.25, -0.2) is 0 Å². The Balaban J connectivity index is 1.42. The maximum Gasteiger partial charge on any atom is 0.416 e. The zero-order valence-electron chi connectivity index (χ0n) is 21.4. The fourth-order valence-corrected chi connectivity index (χ4v) is 6.29. The molecule has 36 heavy (non-hydrogen) atoms. The lowest BCUT2D eigenvalue weighted by atomic mass is 9.73. The van der Waals surface area contributed by atoms with Crippen LogP contribution in [0.25, 0.3) is 0 Å². The smallest absolute Gasteiger partial charge is 0.385 e. The van der Waals surface area contributed by atoms with Crippen molar-refractivity contribution in [2.45, 2.75) is 82.3 Å². The maximum atomic E-state index is 13.9. The highest BCUT2D eigenvalue weighted by atomic mass is 19.4. The Morgan fingerprint density at radius 1 is 1.22 bits per heavy atom. The summed E-state index contributed by atoms with van der Waals surface area (Å²) < 4.78 is 50.7. The fourth-order valence-electron chi connectivity index (χ4n) is 6.29. The van der Waals surface area contributed by atoms with Gasteiger partial charge in [0.05, 0.1) is 29.3 Å². The van der Waals surface area contributed by atoms with E-state index in [1.165, 1.54) is 6.07 Å². The minimum Gasteiger partial charge on any atom is -0.385 e. The Hall–Kier alpha value is -1.68. The number of aliphatic hydroxyl groups is 1. The van der Waals surface area contributed by atoms with Crippen LogP contribution in [0.5, 0.6) is 0 Å². The molecular formula is C27H39F3N2O4. The first-order valence-electron chi connectivity index (χ1n) is 13.0. The van der Waals surface area contributed by atoms with E-state index in [2.05, 4.69) is 19.2 Å². The number of ether oxygens (including phenoxy) is 2. The average Bonchev–Trinajstić information content (AvgIpc) is 3.29. The van der Waals surface area contributed by atoms with E-state index in [0.29, 0.717) is 26.3 Å². The van der Waals surface area contributed by atoms with Gasteiger partial charge in [0.15, 0.2) is 0 Å². The van der Waals surface area contributed by atoms with Crippen LogP contribution in [-0.2, 0) is 26.0 Å². The second kappa shape index (κ2) is 10.6. The van der Waals surface area contributed by atoms with Gasteiger partial charge >= 0.3 is 6.18 Å². The predicted octanol–water partition coefficient (Wildman–Crippen LogP) is 4.10. The number of carbonyl (C=O) groups excluding carboxylic acids is 1. The van der Waals surface area contributed by atoms with Crippen molar-refractivity contribution in [2.75, 3.05) is 33.4 Å². The molecule has 1 aromatic carbocycles. The van der Waals surface area contributed by atoms with Gasteiger partial charge in [-0.05, 0) is 62.1 Å². The highest BCUT2D eigenvalue weighted by molar-refractivity contribution is 5.83. The van der Waals surface area contributed by atoms with Gasteiger partial charge in [-0.15, -0.1) is 0 Å². The summed E-state index contributed by atoms with van der Waals surface area (Å²) >= 11 is 0. The van der Waals surface area contributed by atoms with E-state index in [-0.39, 0.29) is 48.4 Å². The minimum atomic E-state index is -4.46. The van der Waals surface area contributed by atoms with Crippen LogP contribution in [0.3, 0.4) is 0 Å². The Bertz CT molecular complexity index is 917. The van der Waals surface area contributed by atoms with Gasteiger partial charge in [0, 0.05) is 38.9 Å². The summed E-state index contributed by atoms with van der Waals surface area (Å²) in [6.07, 6.45) is -0.729. The summed E-state index contributed by atoms with van der Waals surface area (Å²) in [6.45, 7) is 6.09. The predicted molar refractivity (Wildman–Crippen MR) is 129 cm³/mol. The number of halogens is 3. The number of amides is 1. The van der Waals surface area contributed by atoms with Gasteiger partial charge < -0.3 is 24.8 Å². The molecule has 0 aromatic heterocycles. The zero-order chi connectivity index (χ0) is 26.1. The molecule has 1 aromatic rings. The Morgan fingerprint density at radius 3 is 2.58 bits per heavy atom. The molecule has 4 rings (SSSR count). The van der Waals surface area contributed by atoms with Crippen molar-refractivity contribution in [1.82, 2.24) is 10.2 Å². The molecule has 2 heterocycles. The molecule has 2 N–H and O–H groups in total. The molecule has 0 bridgehead atoms. The zero-order valence-corrected chi connectivity index (χ0v) is 21.4. The molecule has 202 valence electrons. The first-order valence-corrected chi connectivity index (χ1v) is 13.0. The summed E-state index contributed by atoms with van der Waals surface area (Å²) in [5.74, 6) is 0.247. The third-order valence-electron chi connectivity index (χ3n) is 8.74. The minimum absolute atomic E-state index is 0.000813. The lowest BCUT2D eigenvalue weighted by Gasteiger charge is -2.43. The summed E-state index contributed by atoms with van der Waals surface area (Å²) in [5.41, 5.74) is -2.37. The van der Waals surface area contributed by atoms with Crippen LogP contribution in [-0.4, -0.2) is 67.5 Å². The van der Waals surface area contributed by atoms with Gasteiger partial charge in [-0.3, -0.25) is 4.79 Å². The molecule has 3 unspecified atom stereocenters. The second-order valence-corrected chi connectivity index (χ2v) is 11.1. The fraction of sp³-hybridized carbons (Fsp3) is 0.741. The van der Waals surface area contributed by atoms with E-state index in [1.807, 2.05) is 4.90 Å². The van der Waals surface area contributed by atoms with Crippen LogP contribution in [0.2, 0.25) is 0 Å². The number of methoxy groups -OCH3 is 1. The van der Waals surface area contributed by atoms with Crippen molar-refractivity contribution in [1.29, 1.82) is 0 Å². The van der Waals surface area contributed by atoms with Crippen molar-refractivity contribution < 1.29 is 32.5 Å². The lowest BCUT2D eigenvalue weighted by molar-refractivity contribution is -0.149. The highest BCUT2D eigenvalue weighted by Crippen LogP contribution is 2.47. The number of nitrogens with one attached hydrogen (secondary N) is 1. The van der Waals surface area contributed by atoms with E-state index in [0.717, 1.165) is 37.8 Å². The second-order valence-electron chi connectivity index (χ2n) is 11.1. The molecule has 3 aliphatic rings. The summed E-state index contributed by atoms with van der Waals surface area (Å²) in [7, 11) is 1.70. The monoisotopic (exact) mass is 512 g/mol. The number of hydrogen-bond acceptors (Lipinski definition) is 5. The Kier molecular flexibility index (Phi) is 8.05. The molecule has 6 nitrogen and oxygen atoms in total. The Morgan fingerprint density at radius 2 is 1.94 bits per heavy atom. The van der Waals surface area contributed by atoms with Crippen LogP contribution in [0.1, 0.15) is 63.5 Å². The number of likely N-dealkylation sites (tertiary alicyclic amines) is 1.